The molecule has 0 fully saturated rings. The second-order valence-electron chi connectivity index (χ2n) is 11.8. The Balaban J connectivity index is 2.43. The molecule has 1 aliphatic heterocycles. The van der Waals surface area contributed by atoms with E-state index < -0.39 is 33.8 Å². The molecule has 0 bridgehead atoms. The third-order valence-electron chi connectivity index (χ3n) is 7.22. The van der Waals surface area contributed by atoms with Crippen molar-refractivity contribution in [3.05, 3.63) is 39.3 Å². The first-order valence-corrected chi connectivity index (χ1v) is 17.2. The summed E-state index contributed by atoms with van der Waals surface area (Å²) in [5.74, 6) is 0.145. The maximum atomic E-state index is 11.8. The normalized spacial score (nSPS) is 20.0. The predicted molar refractivity (Wildman–Crippen MR) is 135 cm³/mol. The first-order valence-electron chi connectivity index (χ1n) is 11.4. The summed E-state index contributed by atoms with van der Waals surface area (Å²) in [4.78, 5) is 25.6. The Kier molecular flexibility index (Phi) is 7.60. The Morgan fingerprint density at radius 3 is 2.12 bits per heavy atom. The topological polar surface area (TPSA) is 104 Å². The molecule has 0 saturated heterocycles. The van der Waals surface area contributed by atoms with Crippen molar-refractivity contribution in [3.8, 4) is 0 Å². The second kappa shape index (κ2) is 9.12. The minimum absolute atomic E-state index is 0.0291. The molecule has 33 heavy (non-hydrogen) atoms. The zero-order valence-corrected chi connectivity index (χ0v) is 23.9. The lowest BCUT2D eigenvalue weighted by atomic mass is 10.1. The summed E-state index contributed by atoms with van der Waals surface area (Å²) in [6.45, 7) is 23.3. The summed E-state index contributed by atoms with van der Waals surface area (Å²) in [5.41, 5.74) is 0.498. The maximum Gasteiger partial charge on any atom is 0.327 e. The van der Waals surface area contributed by atoms with Gasteiger partial charge in [0.05, 0.1) is 12.2 Å². The van der Waals surface area contributed by atoms with E-state index in [1.807, 2.05) is 0 Å². The van der Waals surface area contributed by atoms with Crippen LogP contribution in [0.4, 0.5) is 5.82 Å². The van der Waals surface area contributed by atoms with Crippen molar-refractivity contribution < 1.29 is 23.3 Å². The monoisotopic (exact) mass is 496 g/mol. The number of hydrogen-bond acceptors (Lipinski definition) is 6. The fourth-order valence-corrected chi connectivity index (χ4v) is 4.99. The number of hydrogen-bond donors (Lipinski definition) is 1. The van der Waals surface area contributed by atoms with Crippen LogP contribution in [-0.2, 0) is 13.6 Å². The zero-order chi connectivity index (χ0) is 25.6. The van der Waals surface area contributed by atoms with Crippen molar-refractivity contribution >= 4 is 28.2 Å². The largest absolute Gasteiger partial charge is 0.545 e. The highest BCUT2D eigenvalue weighted by molar-refractivity contribution is 6.74. The molecule has 1 N–H and O–H groups in total. The van der Waals surface area contributed by atoms with Crippen LogP contribution < -0.4 is 0 Å². The molecule has 2 heterocycles. The molecular formula is C23H40N2O6Si2. The molecule has 0 spiro atoms. The van der Waals surface area contributed by atoms with Crippen molar-refractivity contribution in [2.45, 2.75) is 96.9 Å². The number of nitrogens with zero attached hydrogens (tertiary/aromatic N) is 1. The molecule has 0 unspecified atom stereocenters. The summed E-state index contributed by atoms with van der Waals surface area (Å²) in [6, 6.07) is 1.50. The van der Waals surface area contributed by atoms with E-state index in [0.717, 1.165) is 0 Å². The van der Waals surface area contributed by atoms with Crippen molar-refractivity contribution in [2.24, 2.45) is 0 Å². The average Bonchev–Trinajstić information content (AvgIpc) is 3.22. The Morgan fingerprint density at radius 1 is 1.12 bits per heavy atom. The lowest BCUT2D eigenvalue weighted by molar-refractivity contribution is -0.390. The van der Waals surface area contributed by atoms with Gasteiger partial charge in [0.25, 0.3) is 0 Å². The van der Waals surface area contributed by atoms with Crippen LogP contribution in [0.5, 0.6) is 0 Å². The van der Waals surface area contributed by atoms with Crippen LogP contribution in [0.25, 0.3) is 0 Å². The number of carbonyl (C=O) groups is 1. The summed E-state index contributed by atoms with van der Waals surface area (Å²) >= 11 is 0. The third-order valence-corrected chi connectivity index (χ3v) is 16.1. The fraction of sp³-hybridized carbons (Fsp3) is 0.696. The molecule has 1 aromatic rings. The van der Waals surface area contributed by atoms with Gasteiger partial charge in [0.1, 0.15) is 18.0 Å². The van der Waals surface area contributed by atoms with E-state index in [2.05, 4.69) is 72.7 Å². The highest BCUT2D eigenvalue weighted by atomic mass is 28.4. The minimum Gasteiger partial charge on any atom is -0.545 e. The molecule has 1 aliphatic rings. The van der Waals surface area contributed by atoms with E-state index in [-0.39, 0.29) is 27.4 Å². The van der Waals surface area contributed by atoms with Crippen molar-refractivity contribution in [1.82, 2.24) is 4.98 Å². The van der Waals surface area contributed by atoms with Gasteiger partial charge < -0.3 is 23.7 Å². The number of Topliss-reactive ketones (excluding diaryl/α,β-unsaturated/α-hetero) is 1. The number of carbonyl (C=O) groups excluding carboxylic acids is 1. The first kappa shape index (κ1) is 27.5. The number of nitrogens with one attached hydrogen (secondary N) is 1. The molecule has 0 aliphatic carbocycles. The fourth-order valence-electron chi connectivity index (χ4n) is 2.89. The standard InChI is InChI=1S/C23H40N2O6Si2/c1-15(26)17-12-16(21(24-17)25(27)28)18-13-19(31-33(10,11)23(5,6)7)20(30-18)14-29-32(8,9)22(2,3)4/h12-13,18,20,24H,14H2,1-11H3/t18-,20-/m1/s1. The van der Waals surface area contributed by atoms with Crippen LogP contribution in [0.15, 0.2) is 17.9 Å². The van der Waals surface area contributed by atoms with Gasteiger partial charge in [-0.1, -0.05) is 41.5 Å². The van der Waals surface area contributed by atoms with Gasteiger partial charge in [-0.25, -0.2) is 4.98 Å². The maximum absolute atomic E-state index is 11.8. The number of aromatic nitrogens is 1. The molecule has 186 valence electrons. The van der Waals surface area contributed by atoms with Crippen molar-refractivity contribution in [1.29, 1.82) is 0 Å². The average molecular weight is 497 g/mol. The Morgan fingerprint density at radius 2 is 1.67 bits per heavy atom. The van der Waals surface area contributed by atoms with Gasteiger partial charge in [-0.15, -0.1) is 0 Å². The number of nitro groups is 1. The molecule has 2 rings (SSSR count). The first-order chi connectivity index (χ1) is 14.8. The molecule has 0 aromatic carbocycles. The van der Waals surface area contributed by atoms with E-state index in [4.69, 9.17) is 13.6 Å². The lowest BCUT2D eigenvalue weighted by Crippen LogP contribution is -2.44. The number of H-pyrrole nitrogens is 1. The van der Waals surface area contributed by atoms with Crippen LogP contribution in [-0.4, -0.2) is 45.0 Å². The van der Waals surface area contributed by atoms with Crippen molar-refractivity contribution in [3.63, 3.8) is 0 Å². The van der Waals surface area contributed by atoms with E-state index in [0.29, 0.717) is 17.9 Å². The van der Waals surface area contributed by atoms with E-state index in [1.54, 1.807) is 6.08 Å². The molecular weight excluding hydrogens is 456 g/mol. The highest BCUT2D eigenvalue weighted by Gasteiger charge is 2.44. The molecule has 0 amide bonds. The van der Waals surface area contributed by atoms with Crippen molar-refractivity contribution in [2.75, 3.05) is 6.61 Å². The van der Waals surface area contributed by atoms with Crippen LogP contribution >= 0.6 is 0 Å². The molecule has 0 saturated carbocycles. The lowest BCUT2D eigenvalue weighted by Gasteiger charge is -2.39. The van der Waals surface area contributed by atoms with Crippen LogP contribution in [0.2, 0.25) is 36.3 Å². The SMILES string of the molecule is CC(=O)c1cc([C@H]2C=C(O[Si](C)(C)C(C)(C)C)[C@@H](CO[Si](C)(C)C(C)(C)C)O2)c([N+](=O)[O-])[nH]1. The number of aromatic amines is 1. The number of rotatable bonds is 8. The number of ether oxygens (including phenoxy) is 1. The molecule has 10 heteroatoms. The summed E-state index contributed by atoms with van der Waals surface area (Å²) in [7, 11) is -4.24. The molecule has 1 aromatic heterocycles. The van der Waals surface area contributed by atoms with Gasteiger partial charge in [-0.2, -0.15) is 0 Å². The van der Waals surface area contributed by atoms with Crippen LogP contribution in [0.1, 0.15) is 70.6 Å². The minimum atomic E-state index is -2.19. The molecule has 0 radical (unpaired) electrons. The highest BCUT2D eigenvalue weighted by Crippen LogP contribution is 2.44. The zero-order valence-electron chi connectivity index (χ0n) is 21.9. The van der Waals surface area contributed by atoms with Gasteiger partial charge >= 0.3 is 5.82 Å². The van der Waals surface area contributed by atoms with Gasteiger partial charge in [-0.05, 0) is 47.3 Å². The smallest absolute Gasteiger partial charge is 0.327 e. The summed E-state index contributed by atoms with van der Waals surface area (Å²) in [5, 5.41) is 11.7. The van der Waals surface area contributed by atoms with Gasteiger partial charge in [-0.3, -0.25) is 4.79 Å². The third kappa shape index (κ3) is 6.03. The van der Waals surface area contributed by atoms with E-state index in [9.17, 15) is 14.9 Å². The van der Waals surface area contributed by atoms with Crippen LogP contribution in [0.3, 0.4) is 0 Å². The van der Waals surface area contributed by atoms with E-state index >= 15 is 0 Å². The van der Waals surface area contributed by atoms with Gasteiger partial charge in [0, 0.05) is 13.0 Å². The Bertz CT molecular complexity index is 938. The quantitative estimate of drug-likeness (QED) is 0.191. The Labute approximate surface area is 199 Å². The molecule has 2 atom stereocenters. The Hall–Kier alpha value is -1.76. The summed E-state index contributed by atoms with van der Waals surface area (Å²) in [6.07, 6.45) is 0.622. The summed E-state index contributed by atoms with van der Waals surface area (Å²) < 4.78 is 19.3. The predicted octanol–water partition coefficient (Wildman–Crippen LogP) is 6.49. The second-order valence-corrected chi connectivity index (χ2v) is 21.4. The van der Waals surface area contributed by atoms with Crippen LogP contribution in [0, 0.1) is 10.1 Å². The van der Waals surface area contributed by atoms with Gasteiger partial charge in [0.2, 0.25) is 8.32 Å². The number of ketones is 1. The molecule has 8 nitrogen and oxygen atoms in total. The van der Waals surface area contributed by atoms with E-state index in [1.165, 1.54) is 13.0 Å². The van der Waals surface area contributed by atoms with Gasteiger partial charge in [0.15, 0.2) is 19.8 Å².